The van der Waals surface area contributed by atoms with E-state index < -0.39 is 22.2 Å². The summed E-state index contributed by atoms with van der Waals surface area (Å²) in [7, 11) is 0. The van der Waals surface area contributed by atoms with Crippen LogP contribution in [-0.4, -0.2) is 24.4 Å². The van der Waals surface area contributed by atoms with Crippen LogP contribution in [0.2, 0.25) is 0 Å². The maximum atomic E-state index is 14.9. The number of halogens is 2. The number of imidazole rings is 1. The second kappa shape index (κ2) is 8.39. The molecule has 0 unspecified atom stereocenters. The van der Waals surface area contributed by atoms with Gasteiger partial charge in [-0.1, -0.05) is 24.3 Å². The average molecular weight is 462 g/mol. The Morgan fingerprint density at radius 2 is 1.82 bits per heavy atom. The zero-order valence-electron chi connectivity index (χ0n) is 17.5. The third-order valence-corrected chi connectivity index (χ3v) is 5.41. The van der Waals surface area contributed by atoms with Crippen LogP contribution in [0.1, 0.15) is 22.7 Å². The number of nitrogens with zero attached hydrogens (tertiary/aromatic N) is 4. The van der Waals surface area contributed by atoms with E-state index in [9.17, 15) is 24.0 Å². The Hall–Kier alpha value is -4.60. The van der Waals surface area contributed by atoms with Crippen LogP contribution in [0.25, 0.3) is 16.9 Å². The number of benzene rings is 2. The molecule has 34 heavy (non-hydrogen) atoms. The van der Waals surface area contributed by atoms with Crippen LogP contribution in [0.4, 0.5) is 14.5 Å². The average Bonchev–Trinajstić information content (AvgIpc) is 3.44. The summed E-state index contributed by atoms with van der Waals surface area (Å²) in [6.45, 7) is 0. The lowest BCUT2D eigenvalue weighted by molar-refractivity contribution is -0.387. The standard InChI is InChI=1S/C24H16F2N4O4/c25-17-8-2-1-5-14(17)11-18-23-28-19(12-15-6-4-10-34-15)24(31)29(23)13-20(27-18)16-7-3-9-21(22(16)26)30(32)33/h1-10,13,31H,11-12H2. The van der Waals surface area contributed by atoms with Crippen LogP contribution in [0.15, 0.2) is 71.5 Å². The van der Waals surface area contributed by atoms with Crippen molar-refractivity contribution in [3.05, 3.63) is 112 Å². The van der Waals surface area contributed by atoms with Gasteiger partial charge in [-0.3, -0.25) is 14.5 Å². The Morgan fingerprint density at radius 3 is 2.56 bits per heavy atom. The third-order valence-electron chi connectivity index (χ3n) is 5.41. The van der Waals surface area contributed by atoms with Crippen molar-refractivity contribution in [2.75, 3.05) is 0 Å². The maximum absolute atomic E-state index is 14.9. The van der Waals surface area contributed by atoms with Crippen molar-refractivity contribution < 1.29 is 23.2 Å². The van der Waals surface area contributed by atoms with Gasteiger partial charge in [0.15, 0.2) is 5.65 Å². The first-order chi connectivity index (χ1) is 16.4. The molecule has 0 aliphatic rings. The van der Waals surface area contributed by atoms with Crippen LogP contribution in [0, 0.1) is 21.7 Å². The van der Waals surface area contributed by atoms with Crippen LogP contribution < -0.4 is 0 Å². The minimum atomic E-state index is -1.06. The van der Waals surface area contributed by atoms with E-state index in [1.165, 1.54) is 35.1 Å². The molecular formula is C24H16F2N4O4. The molecule has 0 bridgehead atoms. The van der Waals surface area contributed by atoms with Crippen molar-refractivity contribution in [3.8, 4) is 17.1 Å². The number of aromatic hydroxyl groups is 1. The minimum absolute atomic E-state index is 0.00277. The van der Waals surface area contributed by atoms with Crippen molar-refractivity contribution >= 4 is 11.3 Å². The van der Waals surface area contributed by atoms with Gasteiger partial charge in [-0.25, -0.2) is 14.4 Å². The topological polar surface area (TPSA) is 107 Å². The Morgan fingerprint density at radius 1 is 1.00 bits per heavy atom. The molecule has 170 valence electrons. The second-order valence-corrected chi connectivity index (χ2v) is 7.57. The number of hydrogen-bond donors (Lipinski definition) is 1. The SMILES string of the molecule is O=[N+]([O-])c1cccc(-c2cn3c(O)c(Cc4ccco4)nc3c(Cc3ccccc3F)n2)c1F. The number of fused-ring (bicyclic) bond motifs is 1. The largest absolute Gasteiger partial charge is 0.493 e. The van der Waals surface area contributed by atoms with E-state index >= 15 is 0 Å². The van der Waals surface area contributed by atoms with Gasteiger partial charge in [-0.15, -0.1) is 0 Å². The van der Waals surface area contributed by atoms with Gasteiger partial charge < -0.3 is 9.52 Å². The van der Waals surface area contributed by atoms with E-state index in [4.69, 9.17) is 4.42 Å². The van der Waals surface area contributed by atoms with Crippen molar-refractivity contribution in [2.24, 2.45) is 0 Å². The molecule has 0 spiro atoms. The lowest BCUT2D eigenvalue weighted by Crippen LogP contribution is -2.03. The Bertz CT molecular complexity index is 1530. The van der Waals surface area contributed by atoms with Gasteiger partial charge in [-0.2, -0.15) is 4.39 Å². The Balaban J connectivity index is 1.71. The first-order valence-corrected chi connectivity index (χ1v) is 10.2. The highest BCUT2D eigenvalue weighted by atomic mass is 19.1. The van der Waals surface area contributed by atoms with E-state index in [0.717, 1.165) is 6.07 Å². The summed E-state index contributed by atoms with van der Waals surface area (Å²) in [6, 6.07) is 13.3. The molecule has 0 atom stereocenters. The molecule has 3 heterocycles. The zero-order valence-corrected chi connectivity index (χ0v) is 17.5. The fourth-order valence-electron chi connectivity index (χ4n) is 3.77. The summed E-state index contributed by atoms with van der Waals surface area (Å²) in [5, 5.41) is 22.1. The van der Waals surface area contributed by atoms with Crippen LogP contribution >= 0.6 is 0 Å². The molecule has 10 heteroatoms. The molecule has 0 aliphatic carbocycles. The van der Waals surface area contributed by atoms with Gasteiger partial charge in [0.05, 0.1) is 29.0 Å². The zero-order chi connectivity index (χ0) is 23.8. The summed E-state index contributed by atoms with van der Waals surface area (Å²) >= 11 is 0. The molecule has 1 N–H and O–H groups in total. The number of hydrogen-bond acceptors (Lipinski definition) is 6. The molecule has 0 radical (unpaired) electrons. The molecule has 0 saturated heterocycles. The molecule has 3 aromatic heterocycles. The van der Waals surface area contributed by atoms with Crippen molar-refractivity contribution in [1.82, 2.24) is 14.4 Å². The molecule has 8 nitrogen and oxygen atoms in total. The number of aromatic nitrogens is 3. The number of furan rings is 1. The van der Waals surface area contributed by atoms with Crippen molar-refractivity contribution in [2.45, 2.75) is 12.8 Å². The maximum Gasteiger partial charge on any atom is 0.305 e. The third kappa shape index (κ3) is 3.75. The van der Waals surface area contributed by atoms with Gasteiger partial charge in [-0.05, 0) is 29.8 Å². The van der Waals surface area contributed by atoms with Crippen LogP contribution in [0.3, 0.4) is 0 Å². The molecule has 0 saturated carbocycles. The second-order valence-electron chi connectivity index (χ2n) is 7.57. The predicted molar refractivity (Wildman–Crippen MR) is 117 cm³/mol. The van der Waals surface area contributed by atoms with E-state index in [2.05, 4.69) is 9.97 Å². The first-order valence-electron chi connectivity index (χ1n) is 10.2. The lowest BCUT2D eigenvalue weighted by Gasteiger charge is -2.09. The molecule has 0 amide bonds. The van der Waals surface area contributed by atoms with Gasteiger partial charge in [0.2, 0.25) is 11.7 Å². The smallest absolute Gasteiger partial charge is 0.305 e. The summed E-state index contributed by atoms with van der Waals surface area (Å²) in [5.74, 6) is -1.18. The van der Waals surface area contributed by atoms with Gasteiger partial charge >= 0.3 is 5.69 Å². The summed E-state index contributed by atoms with van der Waals surface area (Å²) in [4.78, 5) is 19.3. The molecule has 0 fully saturated rings. The number of rotatable bonds is 6. The normalized spacial score (nSPS) is 11.2. The highest BCUT2D eigenvalue weighted by Gasteiger charge is 2.23. The monoisotopic (exact) mass is 462 g/mol. The summed E-state index contributed by atoms with van der Waals surface area (Å²) in [6.07, 6.45) is 3.02. The van der Waals surface area contributed by atoms with Crippen molar-refractivity contribution in [1.29, 1.82) is 0 Å². The van der Waals surface area contributed by atoms with Crippen LogP contribution in [0.5, 0.6) is 5.88 Å². The highest BCUT2D eigenvalue weighted by Crippen LogP contribution is 2.32. The fraction of sp³-hybridized carbons (Fsp3) is 0.0833. The molecule has 5 aromatic rings. The van der Waals surface area contributed by atoms with E-state index in [0.29, 0.717) is 11.3 Å². The summed E-state index contributed by atoms with van der Waals surface area (Å²) < 4.78 is 36.0. The molecule has 5 rings (SSSR count). The Kier molecular flexibility index (Phi) is 5.25. The highest BCUT2D eigenvalue weighted by molar-refractivity contribution is 5.66. The van der Waals surface area contributed by atoms with Crippen molar-refractivity contribution in [3.63, 3.8) is 0 Å². The van der Waals surface area contributed by atoms with E-state index in [1.807, 2.05) is 0 Å². The quantitative estimate of drug-likeness (QED) is 0.279. The summed E-state index contributed by atoms with van der Waals surface area (Å²) in [5.41, 5.74) is 0.297. The number of nitro groups is 1. The lowest BCUT2D eigenvalue weighted by atomic mass is 10.1. The molecule has 2 aromatic carbocycles. The molecular weight excluding hydrogens is 446 g/mol. The minimum Gasteiger partial charge on any atom is -0.493 e. The van der Waals surface area contributed by atoms with Gasteiger partial charge in [0, 0.05) is 24.2 Å². The van der Waals surface area contributed by atoms with Crippen LogP contribution in [-0.2, 0) is 12.8 Å². The van der Waals surface area contributed by atoms with E-state index in [-0.39, 0.29) is 47.0 Å². The Labute approximate surface area is 190 Å². The van der Waals surface area contributed by atoms with Gasteiger partial charge in [0.1, 0.15) is 17.3 Å². The molecule has 0 aliphatic heterocycles. The predicted octanol–water partition coefficient (Wildman–Crippen LogP) is 5.06. The van der Waals surface area contributed by atoms with E-state index in [1.54, 1.807) is 30.3 Å². The number of nitro benzene ring substituents is 1. The first kappa shape index (κ1) is 21.3. The van der Waals surface area contributed by atoms with Gasteiger partial charge in [0.25, 0.3) is 0 Å². The fourth-order valence-corrected chi connectivity index (χ4v) is 3.77.